The number of hydrogen-bond donors (Lipinski definition) is 0. The van der Waals surface area contributed by atoms with E-state index >= 15 is 0 Å². The summed E-state index contributed by atoms with van der Waals surface area (Å²) in [5.41, 5.74) is 1.56. The molecule has 0 N–H and O–H groups in total. The molecular formula is C14H14N8S2. The van der Waals surface area contributed by atoms with Crippen molar-refractivity contribution in [3.05, 3.63) is 37.4 Å². The first-order valence-electron chi connectivity index (χ1n) is 7.45. The van der Waals surface area contributed by atoms with Gasteiger partial charge < -0.3 is 0 Å². The van der Waals surface area contributed by atoms with E-state index in [4.69, 9.17) is 0 Å². The molecule has 8 nitrogen and oxygen atoms in total. The van der Waals surface area contributed by atoms with E-state index in [9.17, 15) is 0 Å². The average Bonchev–Trinajstić information content (AvgIpc) is 3.27. The average molecular weight is 358 g/mol. The van der Waals surface area contributed by atoms with Gasteiger partial charge in [-0.05, 0) is 24.3 Å². The molecule has 0 spiro atoms. The molecule has 0 aliphatic heterocycles. The molecule has 0 amide bonds. The van der Waals surface area contributed by atoms with Gasteiger partial charge in [-0.25, -0.2) is 19.0 Å². The summed E-state index contributed by atoms with van der Waals surface area (Å²) in [5, 5.41) is 10.5. The van der Waals surface area contributed by atoms with Gasteiger partial charge in [0.25, 0.3) is 0 Å². The summed E-state index contributed by atoms with van der Waals surface area (Å²) in [7, 11) is 0. The van der Waals surface area contributed by atoms with Gasteiger partial charge >= 0.3 is 0 Å². The van der Waals surface area contributed by atoms with E-state index < -0.39 is 0 Å². The SMILES string of the molecule is c1nc2cncc(SCCCCSc3cncc4ncnn34)n2n1. The highest BCUT2D eigenvalue weighted by molar-refractivity contribution is 7.99. The number of aromatic nitrogens is 8. The van der Waals surface area contributed by atoms with Gasteiger partial charge in [0.2, 0.25) is 0 Å². The minimum absolute atomic E-state index is 0.781. The van der Waals surface area contributed by atoms with Gasteiger partial charge in [0.15, 0.2) is 11.3 Å². The molecule has 0 saturated heterocycles. The van der Waals surface area contributed by atoms with Gasteiger partial charge in [-0.3, -0.25) is 9.97 Å². The van der Waals surface area contributed by atoms with Crippen molar-refractivity contribution in [3.8, 4) is 0 Å². The number of nitrogens with zero attached hydrogens (tertiary/aromatic N) is 8. The zero-order valence-electron chi connectivity index (χ0n) is 12.7. The van der Waals surface area contributed by atoms with Crippen molar-refractivity contribution in [2.45, 2.75) is 22.9 Å². The van der Waals surface area contributed by atoms with Crippen LogP contribution in [0.1, 0.15) is 12.8 Å². The number of hydrogen-bond acceptors (Lipinski definition) is 8. The third-order valence-electron chi connectivity index (χ3n) is 3.35. The topological polar surface area (TPSA) is 86.2 Å². The lowest BCUT2D eigenvalue weighted by Crippen LogP contribution is -1.96. The fourth-order valence-electron chi connectivity index (χ4n) is 2.22. The second-order valence-corrected chi connectivity index (χ2v) is 7.19. The maximum atomic E-state index is 4.22. The summed E-state index contributed by atoms with van der Waals surface area (Å²) in [6, 6.07) is 0. The van der Waals surface area contributed by atoms with Crippen LogP contribution in [0, 0.1) is 0 Å². The Morgan fingerprint density at radius 3 is 1.71 bits per heavy atom. The number of unbranched alkanes of at least 4 members (excludes halogenated alkanes) is 1. The molecule has 0 radical (unpaired) electrons. The molecule has 0 atom stereocenters. The van der Waals surface area contributed by atoms with E-state index in [0.29, 0.717) is 0 Å². The van der Waals surface area contributed by atoms with Crippen molar-refractivity contribution < 1.29 is 0 Å². The van der Waals surface area contributed by atoms with Gasteiger partial charge in [0.1, 0.15) is 22.7 Å². The van der Waals surface area contributed by atoms with Gasteiger partial charge in [0, 0.05) is 0 Å². The molecule has 4 rings (SSSR count). The van der Waals surface area contributed by atoms with Crippen LogP contribution in [0.4, 0.5) is 0 Å². The normalized spacial score (nSPS) is 11.5. The lowest BCUT2D eigenvalue weighted by Gasteiger charge is -2.04. The van der Waals surface area contributed by atoms with E-state index in [-0.39, 0.29) is 0 Å². The minimum Gasteiger partial charge on any atom is -0.258 e. The van der Waals surface area contributed by atoms with Crippen molar-refractivity contribution in [3.63, 3.8) is 0 Å². The fraction of sp³-hybridized carbons (Fsp3) is 0.286. The number of thioether (sulfide) groups is 2. The molecule has 10 heteroatoms. The predicted octanol–water partition coefficient (Wildman–Crippen LogP) is 2.23. The van der Waals surface area contributed by atoms with Gasteiger partial charge in [-0.1, -0.05) is 0 Å². The fourth-order valence-corrected chi connectivity index (χ4v) is 4.13. The molecule has 0 saturated carbocycles. The largest absolute Gasteiger partial charge is 0.258 e. The van der Waals surface area contributed by atoms with Crippen LogP contribution in [0.15, 0.2) is 47.5 Å². The lowest BCUT2D eigenvalue weighted by molar-refractivity contribution is 0.833. The van der Waals surface area contributed by atoms with Crippen LogP contribution in [0.3, 0.4) is 0 Å². The highest BCUT2D eigenvalue weighted by Crippen LogP contribution is 2.21. The van der Waals surface area contributed by atoms with Crippen LogP contribution in [-0.4, -0.2) is 50.7 Å². The van der Waals surface area contributed by atoms with E-state index in [1.54, 1.807) is 48.6 Å². The Bertz CT molecular complexity index is 872. The highest BCUT2D eigenvalue weighted by Gasteiger charge is 2.05. The van der Waals surface area contributed by atoms with Crippen molar-refractivity contribution in [1.82, 2.24) is 39.2 Å². The zero-order valence-corrected chi connectivity index (χ0v) is 14.3. The smallest absolute Gasteiger partial charge is 0.174 e. The first-order chi connectivity index (χ1) is 11.9. The summed E-state index contributed by atoms with van der Waals surface area (Å²) in [6.07, 6.45) is 12.4. The number of fused-ring (bicyclic) bond motifs is 2. The Balaban J connectivity index is 1.25. The van der Waals surface area contributed by atoms with Crippen molar-refractivity contribution in [2.75, 3.05) is 11.5 Å². The maximum absolute atomic E-state index is 4.22. The standard InChI is InChI=1S/C14H14N8S2/c1(3-23-13-7-15-5-11-17-9-19-21(11)13)2-4-24-14-8-16-6-12-18-10-20-22(12)14/h5-10H,1-4H2. The Morgan fingerprint density at radius 2 is 1.21 bits per heavy atom. The highest BCUT2D eigenvalue weighted by atomic mass is 32.2. The first kappa shape index (κ1) is 15.3. The molecule has 0 fully saturated rings. The lowest BCUT2D eigenvalue weighted by atomic mass is 10.4. The van der Waals surface area contributed by atoms with Crippen LogP contribution in [0.2, 0.25) is 0 Å². The van der Waals surface area contributed by atoms with E-state index in [0.717, 1.165) is 45.7 Å². The monoisotopic (exact) mass is 358 g/mol. The van der Waals surface area contributed by atoms with E-state index in [1.807, 2.05) is 21.4 Å². The summed E-state index contributed by atoms with van der Waals surface area (Å²) in [4.78, 5) is 16.7. The molecule has 24 heavy (non-hydrogen) atoms. The summed E-state index contributed by atoms with van der Waals surface area (Å²) < 4.78 is 3.65. The van der Waals surface area contributed by atoms with Crippen molar-refractivity contribution in [2.24, 2.45) is 0 Å². The Kier molecular flexibility index (Phi) is 4.56. The Hall–Kier alpha value is -2.20. The molecule has 4 aromatic heterocycles. The molecule has 0 aromatic carbocycles. The molecule has 0 unspecified atom stereocenters. The summed E-state index contributed by atoms with van der Waals surface area (Å²) in [6.45, 7) is 0. The molecule has 4 aromatic rings. The van der Waals surface area contributed by atoms with E-state index in [2.05, 4.69) is 30.1 Å². The second-order valence-electron chi connectivity index (χ2n) is 4.96. The summed E-state index contributed by atoms with van der Waals surface area (Å²) in [5.74, 6) is 2.04. The van der Waals surface area contributed by atoms with E-state index in [1.165, 1.54) is 0 Å². The zero-order chi connectivity index (χ0) is 16.2. The molecular weight excluding hydrogens is 344 g/mol. The first-order valence-corrected chi connectivity index (χ1v) is 9.42. The molecule has 0 aliphatic rings. The predicted molar refractivity (Wildman–Crippen MR) is 92.2 cm³/mol. The van der Waals surface area contributed by atoms with Crippen molar-refractivity contribution >= 4 is 34.8 Å². The van der Waals surface area contributed by atoms with Gasteiger partial charge in [0.05, 0.1) is 24.8 Å². The Morgan fingerprint density at radius 1 is 0.708 bits per heavy atom. The van der Waals surface area contributed by atoms with Crippen LogP contribution < -0.4 is 0 Å². The van der Waals surface area contributed by atoms with Crippen LogP contribution in [0.25, 0.3) is 11.3 Å². The Labute approximate surface area is 146 Å². The van der Waals surface area contributed by atoms with Crippen LogP contribution in [0.5, 0.6) is 0 Å². The molecule has 4 heterocycles. The molecule has 0 aliphatic carbocycles. The number of rotatable bonds is 7. The maximum Gasteiger partial charge on any atom is 0.174 e. The summed E-state index contributed by atoms with van der Waals surface area (Å²) >= 11 is 3.51. The minimum atomic E-state index is 0.781. The third kappa shape index (κ3) is 3.20. The van der Waals surface area contributed by atoms with Gasteiger partial charge in [-0.15, -0.1) is 23.5 Å². The quantitative estimate of drug-likeness (QED) is 0.367. The molecule has 0 bridgehead atoms. The van der Waals surface area contributed by atoms with Crippen LogP contribution >= 0.6 is 23.5 Å². The van der Waals surface area contributed by atoms with Crippen LogP contribution in [-0.2, 0) is 0 Å². The molecule has 122 valence electrons. The van der Waals surface area contributed by atoms with Gasteiger partial charge in [-0.2, -0.15) is 10.2 Å². The second kappa shape index (κ2) is 7.14. The van der Waals surface area contributed by atoms with Crippen molar-refractivity contribution in [1.29, 1.82) is 0 Å². The third-order valence-corrected chi connectivity index (χ3v) is 5.49.